The highest BCUT2D eigenvalue weighted by atomic mass is 35.5. The zero-order chi connectivity index (χ0) is 22.1. The third-order valence-corrected chi connectivity index (χ3v) is 4.90. The Morgan fingerprint density at radius 1 is 0.968 bits per heavy atom. The van der Waals surface area contributed by atoms with E-state index in [-0.39, 0.29) is 44.9 Å². The SMILES string of the molecule is N#Cc1c(N)nc(N)nc1Nc1c(C#N)c2cccc(Cl)c2c(=O)n1-c1ccccc1. The number of nitrogens with one attached hydrogen (secondary N) is 1. The van der Waals surface area contributed by atoms with Gasteiger partial charge in [-0.25, -0.2) is 0 Å². The van der Waals surface area contributed by atoms with Crippen LogP contribution < -0.4 is 22.3 Å². The van der Waals surface area contributed by atoms with Crippen molar-refractivity contribution in [2.75, 3.05) is 16.8 Å². The summed E-state index contributed by atoms with van der Waals surface area (Å²) < 4.78 is 1.29. The second-order valence-corrected chi connectivity index (χ2v) is 6.81. The van der Waals surface area contributed by atoms with E-state index < -0.39 is 5.56 Å². The number of nitrogen functional groups attached to an aromatic ring is 2. The molecule has 0 bridgehead atoms. The van der Waals surface area contributed by atoms with Gasteiger partial charge < -0.3 is 16.8 Å². The molecule has 0 amide bonds. The molecule has 0 aliphatic rings. The van der Waals surface area contributed by atoms with Crippen molar-refractivity contribution in [3.63, 3.8) is 0 Å². The Hall–Kier alpha value is -4.60. The van der Waals surface area contributed by atoms with Crippen LogP contribution in [0.4, 0.5) is 23.4 Å². The first-order valence-corrected chi connectivity index (χ1v) is 9.27. The summed E-state index contributed by atoms with van der Waals surface area (Å²) in [5.74, 6) is -0.250. The monoisotopic (exact) mass is 428 g/mol. The predicted molar refractivity (Wildman–Crippen MR) is 118 cm³/mol. The number of hydrogen-bond donors (Lipinski definition) is 3. The lowest BCUT2D eigenvalue weighted by Crippen LogP contribution is -2.23. The maximum absolute atomic E-state index is 13.5. The third kappa shape index (κ3) is 3.25. The quantitative estimate of drug-likeness (QED) is 0.448. The lowest BCUT2D eigenvalue weighted by Gasteiger charge is -2.19. The molecule has 0 unspecified atom stereocenters. The largest absolute Gasteiger partial charge is 0.382 e. The molecular weight excluding hydrogens is 416 g/mol. The van der Waals surface area contributed by atoms with E-state index >= 15 is 0 Å². The van der Waals surface area contributed by atoms with Crippen LogP contribution in [0.3, 0.4) is 0 Å². The van der Waals surface area contributed by atoms with E-state index in [1.54, 1.807) is 48.5 Å². The van der Waals surface area contributed by atoms with Crippen molar-refractivity contribution in [3.05, 3.63) is 75.0 Å². The highest BCUT2D eigenvalue weighted by Gasteiger charge is 2.22. The molecule has 2 heterocycles. The average Bonchev–Trinajstić information content (AvgIpc) is 2.74. The Kier molecular flexibility index (Phi) is 4.88. The summed E-state index contributed by atoms with van der Waals surface area (Å²) in [4.78, 5) is 21.3. The number of nitriles is 2. The van der Waals surface area contributed by atoms with E-state index in [1.165, 1.54) is 4.57 Å². The molecule has 5 N–H and O–H groups in total. The lowest BCUT2D eigenvalue weighted by atomic mass is 10.1. The molecule has 31 heavy (non-hydrogen) atoms. The van der Waals surface area contributed by atoms with Crippen LogP contribution in [0.2, 0.25) is 5.02 Å². The molecule has 150 valence electrons. The number of para-hydroxylation sites is 1. The number of aromatic nitrogens is 3. The maximum atomic E-state index is 13.5. The van der Waals surface area contributed by atoms with Gasteiger partial charge >= 0.3 is 0 Å². The van der Waals surface area contributed by atoms with Gasteiger partial charge in [-0.2, -0.15) is 20.5 Å². The summed E-state index contributed by atoms with van der Waals surface area (Å²) in [5.41, 5.74) is 11.6. The molecule has 0 aliphatic carbocycles. The topological polar surface area (TPSA) is 159 Å². The van der Waals surface area contributed by atoms with Gasteiger partial charge in [-0.15, -0.1) is 0 Å². The Morgan fingerprint density at radius 3 is 2.35 bits per heavy atom. The molecule has 10 heteroatoms. The Balaban J connectivity index is 2.14. The molecule has 0 aliphatic heterocycles. The van der Waals surface area contributed by atoms with Crippen molar-refractivity contribution in [3.8, 4) is 17.8 Å². The number of halogens is 1. The fourth-order valence-electron chi connectivity index (χ4n) is 3.27. The highest BCUT2D eigenvalue weighted by Crippen LogP contribution is 2.32. The van der Waals surface area contributed by atoms with E-state index in [1.807, 2.05) is 6.07 Å². The van der Waals surface area contributed by atoms with Crippen molar-refractivity contribution < 1.29 is 0 Å². The summed E-state index contributed by atoms with van der Waals surface area (Å²) in [7, 11) is 0. The molecule has 4 aromatic rings. The minimum Gasteiger partial charge on any atom is -0.382 e. The first-order valence-electron chi connectivity index (χ1n) is 8.89. The first kappa shape index (κ1) is 19.7. The smallest absolute Gasteiger partial charge is 0.266 e. The van der Waals surface area contributed by atoms with E-state index in [4.69, 9.17) is 23.1 Å². The zero-order valence-corrected chi connectivity index (χ0v) is 16.6. The molecule has 9 nitrogen and oxygen atoms in total. The molecule has 2 aromatic heterocycles. The fraction of sp³-hybridized carbons (Fsp3) is 0. The van der Waals surface area contributed by atoms with Crippen molar-refractivity contribution in [2.45, 2.75) is 0 Å². The number of anilines is 4. The second kappa shape index (κ2) is 7.67. The first-order chi connectivity index (χ1) is 15.0. The molecule has 0 radical (unpaired) electrons. The summed E-state index contributed by atoms with van der Waals surface area (Å²) >= 11 is 6.31. The normalized spacial score (nSPS) is 10.4. The van der Waals surface area contributed by atoms with Crippen LogP contribution in [-0.2, 0) is 0 Å². The Labute approximate surface area is 180 Å². The molecule has 0 saturated carbocycles. The van der Waals surface area contributed by atoms with Gasteiger partial charge in [0.05, 0.1) is 16.1 Å². The van der Waals surface area contributed by atoms with Gasteiger partial charge in [0, 0.05) is 5.39 Å². The summed E-state index contributed by atoms with van der Waals surface area (Å²) in [6, 6.07) is 17.6. The van der Waals surface area contributed by atoms with Crippen LogP contribution in [0.15, 0.2) is 53.3 Å². The maximum Gasteiger partial charge on any atom is 0.266 e. The van der Waals surface area contributed by atoms with E-state index in [2.05, 4.69) is 21.4 Å². The minimum absolute atomic E-state index is 0.0329. The number of hydrogen-bond acceptors (Lipinski definition) is 8. The molecule has 0 saturated heterocycles. The van der Waals surface area contributed by atoms with E-state index in [0.29, 0.717) is 11.1 Å². The Bertz CT molecular complexity index is 1480. The van der Waals surface area contributed by atoms with Gasteiger partial charge in [0.1, 0.15) is 34.9 Å². The number of pyridine rings is 1. The van der Waals surface area contributed by atoms with Gasteiger partial charge in [-0.05, 0) is 18.2 Å². The number of benzene rings is 2. The second-order valence-electron chi connectivity index (χ2n) is 6.40. The van der Waals surface area contributed by atoms with Crippen LogP contribution in [-0.4, -0.2) is 14.5 Å². The number of nitrogens with two attached hydrogens (primary N) is 2. The third-order valence-electron chi connectivity index (χ3n) is 4.59. The van der Waals surface area contributed by atoms with Crippen molar-refractivity contribution in [2.24, 2.45) is 0 Å². The van der Waals surface area contributed by atoms with Crippen molar-refractivity contribution >= 4 is 45.8 Å². The van der Waals surface area contributed by atoms with Gasteiger partial charge in [0.2, 0.25) is 5.95 Å². The van der Waals surface area contributed by atoms with Gasteiger partial charge in [-0.3, -0.25) is 9.36 Å². The van der Waals surface area contributed by atoms with Crippen molar-refractivity contribution in [1.29, 1.82) is 10.5 Å². The van der Waals surface area contributed by atoms with Crippen LogP contribution in [0.5, 0.6) is 0 Å². The zero-order valence-electron chi connectivity index (χ0n) is 15.8. The number of rotatable bonds is 3. The average molecular weight is 429 g/mol. The van der Waals surface area contributed by atoms with Gasteiger partial charge in [0.25, 0.3) is 5.56 Å². The van der Waals surface area contributed by atoms with Crippen LogP contribution in [0.25, 0.3) is 16.5 Å². The standard InChI is InChI=1S/C21H13ClN8O/c22-15-8-4-7-12-13(9-23)19(28-18-14(10-24)17(25)27-21(26)29-18)30(20(31)16(12)15)11-5-2-1-3-6-11/h1-8H,(H5,25,26,27,28,29). The Morgan fingerprint density at radius 2 is 1.68 bits per heavy atom. The summed E-state index contributed by atoms with van der Waals surface area (Å²) in [6.45, 7) is 0. The molecule has 0 atom stereocenters. The van der Waals surface area contributed by atoms with E-state index in [0.717, 1.165) is 0 Å². The fourth-order valence-corrected chi connectivity index (χ4v) is 3.52. The minimum atomic E-state index is -0.457. The van der Waals surface area contributed by atoms with Crippen molar-refractivity contribution in [1.82, 2.24) is 14.5 Å². The van der Waals surface area contributed by atoms with Crippen LogP contribution >= 0.6 is 11.6 Å². The van der Waals surface area contributed by atoms with Crippen LogP contribution in [0, 0.1) is 22.7 Å². The highest BCUT2D eigenvalue weighted by molar-refractivity contribution is 6.35. The van der Waals surface area contributed by atoms with Gasteiger partial charge in [-0.1, -0.05) is 41.9 Å². The number of nitrogens with zero attached hydrogens (tertiary/aromatic N) is 5. The summed E-state index contributed by atoms with van der Waals surface area (Å²) in [6.07, 6.45) is 0. The lowest BCUT2D eigenvalue weighted by molar-refractivity contribution is 1.01. The van der Waals surface area contributed by atoms with Gasteiger partial charge in [0.15, 0.2) is 5.82 Å². The molecule has 0 spiro atoms. The molecule has 0 fully saturated rings. The van der Waals surface area contributed by atoms with E-state index in [9.17, 15) is 15.3 Å². The number of fused-ring (bicyclic) bond motifs is 1. The molecular formula is C21H13ClN8O. The molecule has 4 rings (SSSR count). The summed E-state index contributed by atoms with van der Waals surface area (Å²) in [5, 5.41) is 23.2. The van der Waals surface area contributed by atoms with Crippen LogP contribution in [0.1, 0.15) is 11.1 Å². The predicted octanol–water partition coefficient (Wildman–Crippen LogP) is 3.09. The molecule has 2 aromatic carbocycles.